The molecule has 140 valence electrons. The quantitative estimate of drug-likeness (QED) is 0.691. The monoisotopic (exact) mass is 367 g/mol. The molecule has 0 aliphatic heterocycles. The van der Waals surface area contributed by atoms with Crippen molar-refractivity contribution >= 4 is 5.91 Å². The number of nitrogens with zero attached hydrogens (tertiary/aromatic N) is 2. The summed E-state index contributed by atoms with van der Waals surface area (Å²) in [5, 5.41) is 6.62. The van der Waals surface area contributed by atoms with E-state index in [0.29, 0.717) is 17.5 Å². The molecule has 7 heteroatoms. The molecule has 0 aliphatic carbocycles. The lowest BCUT2D eigenvalue weighted by atomic mass is 10.1. The van der Waals surface area contributed by atoms with Crippen molar-refractivity contribution in [2.24, 2.45) is 0 Å². The summed E-state index contributed by atoms with van der Waals surface area (Å²) in [6.45, 7) is 4.02. The van der Waals surface area contributed by atoms with Gasteiger partial charge < -0.3 is 19.3 Å². The largest absolute Gasteiger partial charge is 0.497 e. The minimum absolute atomic E-state index is 0.0810. The molecule has 0 saturated carbocycles. The highest BCUT2D eigenvalue weighted by Gasteiger charge is 2.10. The van der Waals surface area contributed by atoms with Gasteiger partial charge in [-0.3, -0.25) is 4.79 Å². The number of hydrogen-bond donors (Lipinski definition) is 1. The van der Waals surface area contributed by atoms with Crippen LogP contribution in [0.15, 0.2) is 47.0 Å². The van der Waals surface area contributed by atoms with E-state index in [9.17, 15) is 4.79 Å². The second kappa shape index (κ2) is 8.35. The first-order valence-corrected chi connectivity index (χ1v) is 8.48. The molecule has 0 unspecified atom stereocenters. The lowest BCUT2D eigenvalue weighted by Gasteiger charge is -2.08. The average Bonchev–Trinajstić information content (AvgIpc) is 3.13. The molecule has 0 fully saturated rings. The van der Waals surface area contributed by atoms with Gasteiger partial charge >= 0.3 is 0 Å². The van der Waals surface area contributed by atoms with Crippen LogP contribution in [-0.2, 0) is 11.3 Å². The van der Waals surface area contributed by atoms with Crippen LogP contribution in [0.3, 0.4) is 0 Å². The fourth-order valence-corrected chi connectivity index (χ4v) is 2.57. The Labute approximate surface area is 157 Å². The van der Waals surface area contributed by atoms with Crippen molar-refractivity contribution in [1.82, 2.24) is 15.5 Å². The van der Waals surface area contributed by atoms with Crippen molar-refractivity contribution in [2.75, 3.05) is 13.7 Å². The summed E-state index contributed by atoms with van der Waals surface area (Å²) >= 11 is 0. The van der Waals surface area contributed by atoms with E-state index in [-0.39, 0.29) is 19.1 Å². The topological polar surface area (TPSA) is 86.5 Å². The van der Waals surface area contributed by atoms with E-state index < -0.39 is 0 Å². The number of ether oxygens (including phenoxy) is 2. The molecule has 2 aromatic carbocycles. The van der Waals surface area contributed by atoms with Crippen molar-refractivity contribution in [1.29, 1.82) is 0 Å². The molecule has 0 spiro atoms. The van der Waals surface area contributed by atoms with E-state index in [1.807, 2.05) is 56.3 Å². The first kappa shape index (κ1) is 18.4. The lowest BCUT2D eigenvalue weighted by Crippen LogP contribution is -2.28. The summed E-state index contributed by atoms with van der Waals surface area (Å²) in [5.74, 6) is 1.92. The van der Waals surface area contributed by atoms with Gasteiger partial charge in [-0.15, -0.1) is 0 Å². The number of benzene rings is 2. The standard InChI is InChI=1S/C20H21N3O4/c1-13-8-14(2)10-17(9-13)26-12-18(24)21-11-19-22-20(23-27-19)15-4-6-16(25-3)7-5-15/h4-10H,11-12H2,1-3H3,(H,21,24). The molecule has 3 aromatic rings. The molecule has 0 radical (unpaired) electrons. The Bertz CT molecular complexity index is 899. The molecule has 1 N–H and O–H groups in total. The fourth-order valence-electron chi connectivity index (χ4n) is 2.57. The van der Waals surface area contributed by atoms with Crippen molar-refractivity contribution in [3.8, 4) is 22.9 Å². The SMILES string of the molecule is COc1ccc(-c2noc(CNC(=O)COc3cc(C)cc(C)c3)n2)cc1. The molecule has 0 bridgehead atoms. The third-order valence-electron chi connectivity index (χ3n) is 3.82. The van der Waals surface area contributed by atoms with E-state index in [0.717, 1.165) is 22.4 Å². The second-order valence-electron chi connectivity index (χ2n) is 6.13. The van der Waals surface area contributed by atoms with Gasteiger partial charge in [0.25, 0.3) is 5.91 Å². The smallest absolute Gasteiger partial charge is 0.258 e. The summed E-state index contributed by atoms with van der Waals surface area (Å²) < 4.78 is 15.8. The second-order valence-corrected chi connectivity index (χ2v) is 6.13. The minimum atomic E-state index is -0.265. The first-order valence-electron chi connectivity index (χ1n) is 8.48. The first-order chi connectivity index (χ1) is 13.0. The number of aryl methyl sites for hydroxylation is 2. The van der Waals surface area contributed by atoms with Crippen LogP contribution in [0.1, 0.15) is 17.0 Å². The number of aromatic nitrogens is 2. The Morgan fingerprint density at radius 3 is 2.44 bits per heavy atom. The van der Waals surface area contributed by atoms with Gasteiger partial charge in [0.1, 0.15) is 11.5 Å². The molecule has 7 nitrogen and oxygen atoms in total. The maximum Gasteiger partial charge on any atom is 0.258 e. The zero-order valence-electron chi connectivity index (χ0n) is 15.5. The molecule has 3 rings (SSSR count). The number of carbonyl (C=O) groups is 1. The van der Waals surface area contributed by atoms with Gasteiger partial charge in [0, 0.05) is 5.56 Å². The highest BCUT2D eigenvalue weighted by molar-refractivity contribution is 5.77. The molecule has 1 amide bonds. The number of carbonyl (C=O) groups excluding carboxylic acids is 1. The summed E-state index contributed by atoms with van der Waals surface area (Å²) in [4.78, 5) is 16.2. The predicted molar refractivity (Wildman–Crippen MR) is 99.5 cm³/mol. The third kappa shape index (κ3) is 5.07. The summed E-state index contributed by atoms with van der Waals surface area (Å²) in [6, 6.07) is 13.1. The maximum atomic E-state index is 12.0. The van der Waals surface area contributed by atoms with Crippen LogP contribution in [0.25, 0.3) is 11.4 Å². The Balaban J connectivity index is 1.51. The number of hydrogen-bond acceptors (Lipinski definition) is 6. The summed E-state index contributed by atoms with van der Waals surface area (Å²) in [6.07, 6.45) is 0. The van der Waals surface area contributed by atoms with Crippen molar-refractivity contribution < 1.29 is 18.8 Å². The highest BCUT2D eigenvalue weighted by atomic mass is 16.5. The maximum absolute atomic E-state index is 12.0. The number of nitrogens with one attached hydrogen (secondary N) is 1. The molecular formula is C20H21N3O4. The van der Waals surface area contributed by atoms with Gasteiger partial charge in [0.05, 0.1) is 13.7 Å². The Hall–Kier alpha value is -3.35. The van der Waals surface area contributed by atoms with Crippen molar-refractivity contribution in [3.63, 3.8) is 0 Å². The Morgan fingerprint density at radius 1 is 1.07 bits per heavy atom. The van der Waals surface area contributed by atoms with Crippen LogP contribution in [0.4, 0.5) is 0 Å². The zero-order valence-corrected chi connectivity index (χ0v) is 15.5. The minimum Gasteiger partial charge on any atom is -0.497 e. The molecule has 0 atom stereocenters. The van der Waals surface area contributed by atoms with Crippen molar-refractivity contribution in [2.45, 2.75) is 20.4 Å². The Morgan fingerprint density at radius 2 is 1.78 bits per heavy atom. The van der Waals surface area contributed by atoms with E-state index >= 15 is 0 Å². The molecule has 0 aliphatic rings. The molecule has 1 heterocycles. The van der Waals surface area contributed by atoms with Crippen LogP contribution in [0.5, 0.6) is 11.5 Å². The van der Waals surface area contributed by atoms with E-state index in [1.165, 1.54) is 0 Å². The summed E-state index contributed by atoms with van der Waals surface area (Å²) in [5.41, 5.74) is 2.97. The normalized spacial score (nSPS) is 10.5. The number of methoxy groups -OCH3 is 1. The van der Waals surface area contributed by atoms with Gasteiger partial charge in [-0.1, -0.05) is 11.2 Å². The predicted octanol–water partition coefficient (Wildman–Crippen LogP) is 3.06. The molecule has 27 heavy (non-hydrogen) atoms. The molecule has 0 saturated heterocycles. The van der Waals surface area contributed by atoms with E-state index in [2.05, 4.69) is 15.5 Å². The zero-order chi connectivity index (χ0) is 19.2. The van der Waals surface area contributed by atoms with Crippen LogP contribution < -0.4 is 14.8 Å². The average molecular weight is 367 g/mol. The molecular weight excluding hydrogens is 346 g/mol. The highest BCUT2D eigenvalue weighted by Crippen LogP contribution is 2.19. The van der Waals surface area contributed by atoms with E-state index in [1.54, 1.807) is 7.11 Å². The van der Waals surface area contributed by atoms with Gasteiger partial charge in [0.2, 0.25) is 11.7 Å². The van der Waals surface area contributed by atoms with Gasteiger partial charge in [0.15, 0.2) is 6.61 Å². The number of amides is 1. The Kier molecular flexibility index (Phi) is 5.71. The van der Waals surface area contributed by atoms with Crippen LogP contribution in [0, 0.1) is 13.8 Å². The van der Waals surface area contributed by atoms with Gasteiger partial charge in [-0.05, 0) is 61.4 Å². The van der Waals surface area contributed by atoms with Gasteiger partial charge in [-0.2, -0.15) is 4.98 Å². The lowest BCUT2D eigenvalue weighted by molar-refractivity contribution is -0.123. The van der Waals surface area contributed by atoms with Gasteiger partial charge in [-0.25, -0.2) is 0 Å². The fraction of sp³-hybridized carbons (Fsp3) is 0.250. The summed E-state index contributed by atoms with van der Waals surface area (Å²) in [7, 11) is 1.61. The molecule has 1 aromatic heterocycles. The van der Waals surface area contributed by atoms with Crippen LogP contribution in [0.2, 0.25) is 0 Å². The third-order valence-corrected chi connectivity index (χ3v) is 3.82. The van der Waals surface area contributed by atoms with Crippen LogP contribution in [-0.4, -0.2) is 29.8 Å². The number of rotatable bonds is 7. The van der Waals surface area contributed by atoms with Crippen LogP contribution >= 0.6 is 0 Å². The van der Waals surface area contributed by atoms with E-state index in [4.69, 9.17) is 14.0 Å². The van der Waals surface area contributed by atoms with Crippen molar-refractivity contribution in [3.05, 3.63) is 59.5 Å².